The number of aromatic amines is 2. The van der Waals surface area contributed by atoms with Crippen LogP contribution in [0, 0.1) is 6.92 Å². The Morgan fingerprint density at radius 1 is 0.757 bits per heavy atom. The van der Waals surface area contributed by atoms with Crippen molar-refractivity contribution >= 4 is 34.9 Å². The molecule has 0 radical (unpaired) electrons. The number of aliphatic carboxylic acids is 2. The summed E-state index contributed by atoms with van der Waals surface area (Å²) in [4.78, 5) is 38.4. The van der Waals surface area contributed by atoms with E-state index in [0.717, 1.165) is 28.6 Å². The van der Waals surface area contributed by atoms with Gasteiger partial charge in [0.15, 0.2) is 0 Å². The molecule has 0 amide bonds. The average molecular weight is 503 g/mol. The molecule has 3 aromatic rings. The molecule has 10 nitrogen and oxygen atoms in total. The lowest BCUT2D eigenvalue weighted by Gasteiger charge is -2.42. The van der Waals surface area contributed by atoms with Gasteiger partial charge in [-0.05, 0) is 36.8 Å². The molecule has 1 aromatic carbocycles. The van der Waals surface area contributed by atoms with Crippen molar-refractivity contribution in [3.8, 4) is 0 Å². The van der Waals surface area contributed by atoms with Gasteiger partial charge in [0.25, 0.3) is 11.6 Å². The van der Waals surface area contributed by atoms with Gasteiger partial charge in [-0.2, -0.15) is 0 Å². The molecule has 0 spiro atoms. The minimum atomic E-state index is -1.15. The molecule has 37 heavy (non-hydrogen) atoms. The summed E-state index contributed by atoms with van der Waals surface area (Å²) >= 11 is 0. The molecule has 10 heteroatoms. The predicted molar refractivity (Wildman–Crippen MR) is 134 cm³/mol. The highest BCUT2D eigenvalue weighted by Gasteiger charge is 2.36. The number of hydrogen-bond donors (Lipinski definition) is 0. The number of nitrogens with zero attached hydrogens (tertiary/aromatic N) is 4. The van der Waals surface area contributed by atoms with E-state index < -0.39 is 24.0 Å². The Morgan fingerprint density at radius 2 is 1.30 bits per heavy atom. The second-order valence-electron chi connectivity index (χ2n) is 9.41. The number of pyridine rings is 2. The van der Waals surface area contributed by atoms with E-state index in [1.807, 2.05) is 93.5 Å². The number of carbonyl (C=O) groups excluding carboxylic acids is 2. The van der Waals surface area contributed by atoms with E-state index in [9.17, 15) is 19.8 Å². The second kappa shape index (κ2) is 10.3. The minimum Gasteiger partial charge on any atom is -0.548 e. The van der Waals surface area contributed by atoms with E-state index in [1.165, 1.54) is 0 Å². The van der Waals surface area contributed by atoms with E-state index in [0.29, 0.717) is 26.2 Å². The van der Waals surface area contributed by atoms with Gasteiger partial charge in [0.1, 0.15) is 38.3 Å². The molecule has 2 saturated heterocycles. The first-order valence-electron chi connectivity index (χ1n) is 12.4. The van der Waals surface area contributed by atoms with Gasteiger partial charge in [0.2, 0.25) is 0 Å². The summed E-state index contributed by atoms with van der Waals surface area (Å²) in [7, 11) is 0. The van der Waals surface area contributed by atoms with Crippen LogP contribution in [-0.4, -0.2) is 63.3 Å². The van der Waals surface area contributed by atoms with Crippen LogP contribution >= 0.6 is 0 Å². The number of aromatic nitrogens is 2. The van der Waals surface area contributed by atoms with Gasteiger partial charge in [0.05, 0.1) is 37.4 Å². The third-order valence-electron chi connectivity index (χ3n) is 7.21. The molecular weight excluding hydrogens is 472 g/mol. The standard InChI is InChI=1S/C27H30N6O4/c1-19-8-9-20(32-14-12-30(17-22(32)26(34)35)24-6-2-4-10-28-24)16-21(19)33-15-13-31(18-23(33)27(36)37)25-7-3-5-11-29-25/h2-11,16,22-23H,12-15,17-18H2,1H3,(H,34,35)(H,36,37)/t22-,23-/m1/s1. The highest BCUT2D eigenvalue weighted by Crippen LogP contribution is 2.32. The van der Waals surface area contributed by atoms with Crippen LogP contribution in [0.4, 0.5) is 23.0 Å². The maximum Gasteiger partial charge on any atom is 0.274 e. The van der Waals surface area contributed by atoms with Crippen LogP contribution < -0.4 is 39.8 Å². The van der Waals surface area contributed by atoms with Gasteiger partial charge in [-0.15, -0.1) is 0 Å². The molecule has 2 aliphatic rings. The number of nitrogens with one attached hydrogen (secondary N) is 2. The van der Waals surface area contributed by atoms with Crippen molar-refractivity contribution < 1.29 is 29.8 Å². The lowest BCUT2D eigenvalue weighted by Crippen LogP contribution is -2.61. The van der Waals surface area contributed by atoms with E-state index in [2.05, 4.69) is 9.97 Å². The number of rotatable bonds is 6. The van der Waals surface area contributed by atoms with Crippen LogP contribution in [0.3, 0.4) is 0 Å². The number of hydrogen-bond acceptors (Lipinski definition) is 8. The van der Waals surface area contributed by atoms with Crippen LogP contribution in [0.25, 0.3) is 0 Å². The maximum absolute atomic E-state index is 12.2. The second-order valence-corrected chi connectivity index (χ2v) is 9.41. The first-order chi connectivity index (χ1) is 17.9. The van der Waals surface area contributed by atoms with Gasteiger partial charge < -0.3 is 29.6 Å². The summed E-state index contributed by atoms with van der Waals surface area (Å²) in [5.41, 5.74) is 2.40. The summed E-state index contributed by atoms with van der Waals surface area (Å²) in [5.74, 6) is -0.596. The Balaban J connectivity index is 1.40. The number of carboxylic acid groups (broad SMARTS) is 2. The van der Waals surface area contributed by atoms with E-state index >= 15 is 0 Å². The van der Waals surface area contributed by atoms with Crippen molar-refractivity contribution in [3.05, 3.63) is 72.6 Å². The zero-order valence-corrected chi connectivity index (χ0v) is 20.7. The lowest BCUT2D eigenvalue weighted by atomic mass is 10.0. The molecular formula is C27H30N6O4. The number of H-pyrrole nitrogens is 2. The largest absolute Gasteiger partial charge is 0.548 e. The quantitative estimate of drug-likeness (QED) is 0.400. The van der Waals surface area contributed by atoms with Gasteiger partial charge in [-0.3, -0.25) is 9.80 Å². The van der Waals surface area contributed by atoms with Crippen molar-refractivity contribution in [2.75, 3.05) is 58.9 Å². The Kier molecular flexibility index (Phi) is 6.80. The SMILES string of the molecule is Cc1ccc(N2CCN(c3cccc[nH+]3)C[C@@H]2C(=O)[O-])cc1N1CCN(c2cccc[nH+]2)C[C@@H]1C(=O)[O-]. The summed E-state index contributed by atoms with van der Waals surface area (Å²) in [6.45, 7) is 4.67. The fourth-order valence-corrected chi connectivity index (χ4v) is 5.25. The van der Waals surface area contributed by atoms with E-state index in [-0.39, 0.29) is 13.1 Å². The summed E-state index contributed by atoms with van der Waals surface area (Å²) in [6.07, 6.45) is 3.62. The summed E-state index contributed by atoms with van der Waals surface area (Å²) < 4.78 is 0. The molecule has 2 aliphatic heterocycles. The lowest BCUT2D eigenvalue weighted by molar-refractivity contribution is -0.364. The van der Waals surface area contributed by atoms with Crippen LogP contribution in [0.2, 0.25) is 0 Å². The highest BCUT2D eigenvalue weighted by atomic mass is 16.4. The predicted octanol–water partition coefficient (Wildman–Crippen LogP) is -1.49. The Hall–Kier alpha value is -4.34. The van der Waals surface area contributed by atoms with Crippen molar-refractivity contribution in [1.29, 1.82) is 0 Å². The Labute approximate surface area is 215 Å². The minimum absolute atomic E-state index is 0.264. The van der Waals surface area contributed by atoms with Gasteiger partial charge in [0, 0.05) is 23.5 Å². The number of anilines is 4. The molecule has 5 rings (SSSR count). The van der Waals surface area contributed by atoms with E-state index in [4.69, 9.17) is 0 Å². The Morgan fingerprint density at radius 3 is 1.81 bits per heavy atom. The Bertz CT molecular complexity index is 1260. The molecule has 2 N–H and O–H groups in total. The molecule has 4 heterocycles. The molecule has 0 saturated carbocycles. The van der Waals surface area contributed by atoms with Crippen molar-refractivity contribution in [3.63, 3.8) is 0 Å². The highest BCUT2D eigenvalue weighted by molar-refractivity contribution is 5.81. The third kappa shape index (κ3) is 5.00. The van der Waals surface area contributed by atoms with Crippen LogP contribution in [0.5, 0.6) is 0 Å². The smallest absolute Gasteiger partial charge is 0.274 e. The fourth-order valence-electron chi connectivity index (χ4n) is 5.25. The zero-order valence-electron chi connectivity index (χ0n) is 20.7. The normalized spacial score (nSPS) is 20.1. The van der Waals surface area contributed by atoms with Gasteiger partial charge >= 0.3 is 0 Å². The topological polar surface area (TPSA) is 122 Å². The number of aryl methyl sites for hydroxylation is 1. The summed E-state index contributed by atoms with van der Waals surface area (Å²) in [6, 6.07) is 15.4. The molecule has 0 unspecified atom stereocenters. The number of carbonyl (C=O) groups is 2. The maximum atomic E-state index is 12.2. The molecule has 192 valence electrons. The average Bonchev–Trinajstić information content (AvgIpc) is 2.93. The first-order valence-corrected chi connectivity index (χ1v) is 12.4. The monoisotopic (exact) mass is 502 g/mol. The van der Waals surface area contributed by atoms with Crippen molar-refractivity contribution in [2.24, 2.45) is 0 Å². The molecule has 2 aromatic heterocycles. The van der Waals surface area contributed by atoms with E-state index in [1.54, 1.807) is 0 Å². The fraction of sp³-hybridized carbons (Fsp3) is 0.333. The molecule has 2 fully saturated rings. The van der Waals surface area contributed by atoms with Crippen LogP contribution in [0.1, 0.15) is 5.56 Å². The zero-order chi connectivity index (χ0) is 25.9. The number of benzene rings is 1. The third-order valence-corrected chi connectivity index (χ3v) is 7.21. The molecule has 0 aliphatic carbocycles. The van der Waals surface area contributed by atoms with Gasteiger partial charge in [-0.1, -0.05) is 18.2 Å². The number of piperazine rings is 2. The van der Waals surface area contributed by atoms with Crippen LogP contribution in [-0.2, 0) is 9.59 Å². The van der Waals surface area contributed by atoms with Crippen molar-refractivity contribution in [2.45, 2.75) is 19.0 Å². The molecule has 0 bridgehead atoms. The summed E-state index contributed by atoms with van der Waals surface area (Å²) in [5, 5.41) is 24.4. The number of carboxylic acids is 2. The first kappa shape index (κ1) is 24.4. The molecule has 2 atom stereocenters. The van der Waals surface area contributed by atoms with Gasteiger partial charge in [-0.25, -0.2) is 9.97 Å². The van der Waals surface area contributed by atoms with Crippen LogP contribution in [0.15, 0.2) is 67.0 Å². The van der Waals surface area contributed by atoms with Crippen molar-refractivity contribution in [1.82, 2.24) is 0 Å².